The van der Waals surface area contributed by atoms with Gasteiger partial charge in [0, 0.05) is 41.0 Å². The molecule has 1 aromatic carbocycles. The molecule has 0 aliphatic rings. The molecule has 3 aromatic heterocycles. The second-order valence-corrected chi connectivity index (χ2v) is 7.76. The van der Waals surface area contributed by atoms with Crippen molar-refractivity contribution in [3.05, 3.63) is 70.7 Å². The monoisotopic (exact) mass is 451 g/mol. The van der Waals surface area contributed by atoms with Gasteiger partial charge in [-0.3, -0.25) is 4.98 Å². The molecule has 0 amide bonds. The maximum Gasteiger partial charge on any atom is 0.143 e. The summed E-state index contributed by atoms with van der Waals surface area (Å²) >= 11 is 3.71. The number of aryl methyl sites for hydroxylation is 3. The van der Waals surface area contributed by atoms with E-state index >= 15 is 0 Å². The molecule has 0 atom stereocenters. The molecule has 0 saturated heterocycles. The van der Waals surface area contributed by atoms with Crippen LogP contribution in [0.2, 0.25) is 0 Å². The standard InChI is InChI=1S/C22H22BrN5O/c1-5-28(17-6-7-20(18(23)10-17)27-9-8-24-13-27)21-11-19(25-12-14(21)2)22-15(3)26-29-16(22)4/h6-13H,5H2,1-4H3. The number of rotatable bonds is 5. The minimum absolute atomic E-state index is 0.778. The molecule has 0 bridgehead atoms. The van der Waals surface area contributed by atoms with E-state index in [-0.39, 0.29) is 0 Å². The third kappa shape index (κ3) is 3.58. The molecule has 0 saturated carbocycles. The molecule has 4 rings (SSSR count). The maximum atomic E-state index is 5.34. The number of aromatic nitrogens is 4. The molecule has 0 unspecified atom stereocenters. The van der Waals surface area contributed by atoms with Gasteiger partial charge < -0.3 is 14.0 Å². The molecule has 0 fully saturated rings. The Labute approximate surface area is 178 Å². The highest BCUT2D eigenvalue weighted by molar-refractivity contribution is 9.10. The zero-order valence-corrected chi connectivity index (χ0v) is 18.4. The van der Waals surface area contributed by atoms with Crippen molar-refractivity contribution in [2.75, 3.05) is 11.4 Å². The summed E-state index contributed by atoms with van der Waals surface area (Å²) in [6, 6.07) is 8.46. The fourth-order valence-corrected chi connectivity index (χ4v) is 4.13. The molecule has 0 spiro atoms. The molecular weight excluding hydrogens is 430 g/mol. The van der Waals surface area contributed by atoms with Gasteiger partial charge in [0.15, 0.2) is 0 Å². The summed E-state index contributed by atoms with van der Waals surface area (Å²) in [7, 11) is 0. The van der Waals surface area contributed by atoms with E-state index in [9.17, 15) is 0 Å². The van der Waals surface area contributed by atoms with Gasteiger partial charge in [0.25, 0.3) is 0 Å². The van der Waals surface area contributed by atoms with Gasteiger partial charge in [-0.2, -0.15) is 0 Å². The average molecular weight is 452 g/mol. The third-order valence-electron chi connectivity index (χ3n) is 5.00. The number of hydrogen-bond donors (Lipinski definition) is 0. The Kier molecular flexibility index (Phi) is 5.24. The van der Waals surface area contributed by atoms with Crippen LogP contribution >= 0.6 is 15.9 Å². The first-order valence-corrected chi connectivity index (χ1v) is 10.2. The minimum atomic E-state index is 0.778. The topological polar surface area (TPSA) is 60.0 Å². The molecule has 148 valence electrons. The molecule has 0 radical (unpaired) electrons. The van der Waals surface area contributed by atoms with Crippen LogP contribution in [0.15, 0.2) is 58.2 Å². The molecule has 29 heavy (non-hydrogen) atoms. The summed E-state index contributed by atoms with van der Waals surface area (Å²) in [6.45, 7) is 8.91. The number of hydrogen-bond acceptors (Lipinski definition) is 5. The van der Waals surface area contributed by atoms with Crippen LogP contribution in [0.4, 0.5) is 11.4 Å². The molecule has 4 aromatic rings. The van der Waals surface area contributed by atoms with Gasteiger partial charge in [0.1, 0.15) is 5.76 Å². The smallest absolute Gasteiger partial charge is 0.143 e. The largest absolute Gasteiger partial charge is 0.361 e. The van der Waals surface area contributed by atoms with E-state index in [2.05, 4.69) is 74.1 Å². The van der Waals surface area contributed by atoms with Crippen molar-refractivity contribution in [3.8, 4) is 16.9 Å². The van der Waals surface area contributed by atoms with Gasteiger partial charge in [0.05, 0.1) is 29.0 Å². The van der Waals surface area contributed by atoms with E-state index in [1.54, 1.807) is 12.5 Å². The van der Waals surface area contributed by atoms with Gasteiger partial charge >= 0.3 is 0 Å². The quantitative estimate of drug-likeness (QED) is 0.385. The third-order valence-corrected chi connectivity index (χ3v) is 5.63. The Bertz CT molecular complexity index is 1130. The lowest BCUT2D eigenvalue weighted by molar-refractivity contribution is 0.393. The van der Waals surface area contributed by atoms with E-state index < -0.39 is 0 Å². The normalized spacial score (nSPS) is 11.1. The van der Waals surface area contributed by atoms with Crippen molar-refractivity contribution in [1.29, 1.82) is 0 Å². The number of pyridine rings is 1. The zero-order valence-electron chi connectivity index (χ0n) is 16.8. The highest BCUT2D eigenvalue weighted by Gasteiger charge is 2.18. The highest BCUT2D eigenvalue weighted by atomic mass is 79.9. The van der Waals surface area contributed by atoms with E-state index in [0.717, 1.165) is 56.4 Å². The first-order chi connectivity index (χ1) is 14.0. The lowest BCUT2D eigenvalue weighted by Crippen LogP contribution is -2.17. The Morgan fingerprint density at radius 1 is 1.17 bits per heavy atom. The number of anilines is 2. The van der Waals surface area contributed by atoms with Crippen molar-refractivity contribution < 1.29 is 4.52 Å². The van der Waals surface area contributed by atoms with Gasteiger partial charge in [-0.1, -0.05) is 5.16 Å². The van der Waals surface area contributed by atoms with Crippen LogP contribution < -0.4 is 4.90 Å². The molecule has 0 aliphatic heterocycles. The SMILES string of the molecule is CCN(c1ccc(-n2ccnc2)c(Br)c1)c1cc(-c2c(C)noc2C)ncc1C. The van der Waals surface area contributed by atoms with Crippen LogP contribution in [0.1, 0.15) is 23.9 Å². The average Bonchev–Trinajstić information content (AvgIpc) is 3.34. The van der Waals surface area contributed by atoms with Crippen LogP contribution in [0.3, 0.4) is 0 Å². The van der Waals surface area contributed by atoms with Crippen molar-refractivity contribution in [2.24, 2.45) is 0 Å². The summed E-state index contributed by atoms with van der Waals surface area (Å²) in [4.78, 5) is 11.0. The van der Waals surface area contributed by atoms with Crippen LogP contribution in [0.25, 0.3) is 16.9 Å². The highest BCUT2D eigenvalue weighted by Crippen LogP contribution is 2.35. The number of benzene rings is 1. The lowest BCUT2D eigenvalue weighted by Gasteiger charge is -2.26. The van der Waals surface area contributed by atoms with Crippen LogP contribution in [0, 0.1) is 20.8 Å². The summed E-state index contributed by atoms with van der Waals surface area (Å²) in [6.07, 6.45) is 7.41. The van der Waals surface area contributed by atoms with Gasteiger partial charge in [-0.15, -0.1) is 0 Å². The second kappa shape index (κ2) is 7.83. The molecule has 0 aliphatic carbocycles. The molecule has 7 heteroatoms. The van der Waals surface area contributed by atoms with Crippen molar-refractivity contribution >= 4 is 27.3 Å². The summed E-state index contributed by atoms with van der Waals surface area (Å²) in [5.74, 6) is 0.778. The molecule has 0 N–H and O–H groups in total. The summed E-state index contributed by atoms with van der Waals surface area (Å²) in [5.41, 5.74) is 7.04. The number of nitrogens with zero attached hydrogens (tertiary/aromatic N) is 5. The van der Waals surface area contributed by atoms with Crippen molar-refractivity contribution in [3.63, 3.8) is 0 Å². The van der Waals surface area contributed by atoms with E-state index in [4.69, 9.17) is 4.52 Å². The van der Waals surface area contributed by atoms with Crippen LogP contribution in [-0.2, 0) is 0 Å². The second-order valence-electron chi connectivity index (χ2n) is 6.91. The van der Waals surface area contributed by atoms with Gasteiger partial charge in [0.2, 0.25) is 0 Å². The predicted molar refractivity (Wildman–Crippen MR) is 118 cm³/mol. The number of halogens is 1. The Hall–Kier alpha value is -2.93. The van der Waals surface area contributed by atoms with Crippen molar-refractivity contribution in [2.45, 2.75) is 27.7 Å². The Morgan fingerprint density at radius 2 is 2.00 bits per heavy atom. The molecule has 3 heterocycles. The zero-order chi connectivity index (χ0) is 20.5. The first-order valence-electron chi connectivity index (χ1n) is 9.45. The minimum Gasteiger partial charge on any atom is -0.361 e. The van der Waals surface area contributed by atoms with E-state index in [1.165, 1.54) is 0 Å². The van der Waals surface area contributed by atoms with E-state index in [1.807, 2.05) is 30.8 Å². The van der Waals surface area contributed by atoms with Crippen LogP contribution in [-0.4, -0.2) is 26.2 Å². The fraction of sp³-hybridized carbons (Fsp3) is 0.227. The Morgan fingerprint density at radius 3 is 2.62 bits per heavy atom. The fourth-order valence-electron chi connectivity index (χ4n) is 3.56. The summed E-state index contributed by atoms with van der Waals surface area (Å²) < 4.78 is 8.33. The van der Waals surface area contributed by atoms with Crippen molar-refractivity contribution in [1.82, 2.24) is 19.7 Å². The first kappa shape index (κ1) is 19.4. The van der Waals surface area contributed by atoms with E-state index in [0.29, 0.717) is 0 Å². The molecular formula is C22H22BrN5O. The molecule has 6 nitrogen and oxygen atoms in total. The Balaban J connectivity index is 1.77. The lowest BCUT2D eigenvalue weighted by atomic mass is 10.1. The van der Waals surface area contributed by atoms with Crippen LogP contribution in [0.5, 0.6) is 0 Å². The maximum absolute atomic E-state index is 5.34. The summed E-state index contributed by atoms with van der Waals surface area (Å²) in [5, 5.41) is 4.07. The van der Waals surface area contributed by atoms with Gasteiger partial charge in [-0.05, 0) is 73.5 Å². The predicted octanol–water partition coefficient (Wildman–Crippen LogP) is 5.77. The number of imidazole rings is 1. The van der Waals surface area contributed by atoms with Gasteiger partial charge in [-0.25, -0.2) is 4.98 Å².